The van der Waals surface area contributed by atoms with Gasteiger partial charge in [0, 0.05) is 18.5 Å². The van der Waals surface area contributed by atoms with Crippen LogP contribution in [0.5, 0.6) is 0 Å². The number of hydrogen-bond acceptors (Lipinski definition) is 7. The quantitative estimate of drug-likeness (QED) is 0.787. The molecule has 0 saturated heterocycles. The number of nitrogen functional groups attached to an aromatic ring is 1. The number of nitrogens with one attached hydrogen (secondary N) is 1. The van der Waals surface area contributed by atoms with Gasteiger partial charge >= 0.3 is 0 Å². The van der Waals surface area contributed by atoms with Gasteiger partial charge in [0.05, 0.1) is 0 Å². The minimum atomic E-state index is 0.534. The van der Waals surface area contributed by atoms with E-state index in [2.05, 4.69) is 32.3 Å². The van der Waals surface area contributed by atoms with Crippen LogP contribution in [0.1, 0.15) is 24.8 Å². The molecular weight excluding hydrogens is 232 g/mol. The molecule has 2 aromatic rings. The first-order valence-electron chi connectivity index (χ1n) is 5.90. The fourth-order valence-electron chi connectivity index (χ4n) is 1.67. The topological polar surface area (TPSA) is 103 Å². The maximum Gasteiger partial charge on any atom is 0.228 e. The van der Waals surface area contributed by atoms with Crippen molar-refractivity contribution >= 4 is 11.6 Å². The molecule has 2 rings (SSSR count). The van der Waals surface area contributed by atoms with E-state index in [0.717, 1.165) is 24.2 Å². The van der Waals surface area contributed by atoms with E-state index in [1.165, 1.54) is 12.7 Å². The number of rotatable bonds is 6. The van der Waals surface area contributed by atoms with E-state index in [0.29, 0.717) is 24.7 Å². The smallest absolute Gasteiger partial charge is 0.228 e. The molecule has 0 aliphatic rings. The van der Waals surface area contributed by atoms with Gasteiger partial charge in [0.25, 0.3) is 0 Å². The zero-order chi connectivity index (χ0) is 12.8. The van der Waals surface area contributed by atoms with Gasteiger partial charge in [-0.2, -0.15) is 4.98 Å². The zero-order valence-electron chi connectivity index (χ0n) is 10.3. The van der Waals surface area contributed by atoms with Crippen molar-refractivity contribution in [2.45, 2.75) is 26.2 Å². The van der Waals surface area contributed by atoms with Crippen molar-refractivity contribution < 1.29 is 4.52 Å². The normalized spacial score (nSPS) is 10.5. The lowest BCUT2D eigenvalue weighted by atomic mass is 10.1. The third-order valence-corrected chi connectivity index (χ3v) is 2.52. The van der Waals surface area contributed by atoms with Gasteiger partial charge in [-0.3, -0.25) is 0 Å². The van der Waals surface area contributed by atoms with Crippen LogP contribution in [0.4, 0.5) is 11.6 Å². The molecule has 0 aliphatic heterocycles. The molecular formula is C11H16N6O. The van der Waals surface area contributed by atoms with E-state index in [9.17, 15) is 0 Å². The molecule has 18 heavy (non-hydrogen) atoms. The Morgan fingerprint density at radius 2 is 2.11 bits per heavy atom. The van der Waals surface area contributed by atoms with Crippen LogP contribution in [0.25, 0.3) is 0 Å². The van der Waals surface area contributed by atoms with Crippen molar-refractivity contribution in [3.05, 3.63) is 24.1 Å². The highest BCUT2D eigenvalue weighted by atomic mass is 16.5. The van der Waals surface area contributed by atoms with Crippen molar-refractivity contribution in [2.24, 2.45) is 0 Å². The van der Waals surface area contributed by atoms with Crippen LogP contribution in [0.3, 0.4) is 0 Å². The summed E-state index contributed by atoms with van der Waals surface area (Å²) < 4.78 is 4.91. The summed E-state index contributed by atoms with van der Waals surface area (Å²) in [5, 5.41) is 6.77. The van der Waals surface area contributed by atoms with Gasteiger partial charge in [0.1, 0.15) is 18.0 Å². The Kier molecular flexibility index (Phi) is 4.06. The van der Waals surface area contributed by atoms with Crippen LogP contribution in [0.2, 0.25) is 0 Å². The SMILES string of the molecule is CCCc1c(N)ncnc1NCCc1ncno1. The number of hydrogen-bond donors (Lipinski definition) is 2. The van der Waals surface area contributed by atoms with Crippen LogP contribution in [-0.2, 0) is 12.8 Å². The standard InChI is InChI=1S/C11H16N6O/c1-2-3-8-10(12)15-6-16-11(8)13-5-4-9-14-7-17-18-9/h6-7H,2-5H2,1H3,(H3,12,13,15,16). The van der Waals surface area contributed by atoms with E-state index in [-0.39, 0.29) is 0 Å². The largest absolute Gasteiger partial charge is 0.383 e. The lowest BCUT2D eigenvalue weighted by Gasteiger charge is -2.10. The third kappa shape index (κ3) is 2.93. The van der Waals surface area contributed by atoms with Crippen molar-refractivity contribution in [3.8, 4) is 0 Å². The summed E-state index contributed by atoms with van der Waals surface area (Å²) in [4.78, 5) is 12.2. The van der Waals surface area contributed by atoms with Crippen molar-refractivity contribution in [3.63, 3.8) is 0 Å². The van der Waals surface area contributed by atoms with Crippen LogP contribution < -0.4 is 11.1 Å². The number of nitrogens with zero attached hydrogens (tertiary/aromatic N) is 4. The summed E-state index contributed by atoms with van der Waals surface area (Å²) in [6, 6.07) is 0. The Hall–Kier alpha value is -2.18. The molecule has 0 aromatic carbocycles. The lowest BCUT2D eigenvalue weighted by Crippen LogP contribution is -2.11. The molecule has 7 nitrogen and oxygen atoms in total. The second-order valence-corrected chi connectivity index (χ2v) is 3.85. The predicted octanol–water partition coefficient (Wildman–Crippen LogP) is 1.05. The van der Waals surface area contributed by atoms with E-state index in [1.54, 1.807) is 0 Å². The van der Waals surface area contributed by atoms with E-state index in [1.807, 2.05) is 0 Å². The molecule has 3 N–H and O–H groups in total. The van der Waals surface area contributed by atoms with Crippen LogP contribution >= 0.6 is 0 Å². The Bertz CT molecular complexity index is 484. The van der Waals surface area contributed by atoms with Gasteiger partial charge in [-0.05, 0) is 6.42 Å². The van der Waals surface area contributed by atoms with Gasteiger partial charge < -0.3 is 15.6 Å². The molecule has 0 radical (unpaired) electrons. The molecule has 0 unspecified atom stereocenters. The van der Waals surface area contributed by atoms with E-state index < -0.39 is 0 Å². The first-order valence-corrected chi connectivity index (χ1v) is 5.90. The average molecular weight is 248 g/mol. The number of aromatic nitrogens is 4. The van der Waals surface area contributed by atoms with Gasteiger partial charge in [-0.1, -0.05) is 18.5 Å². The van der Waals surface area contributed by atoms with Crippen LogP contribution in [0, 0.1) is 0 Å². The third-order valence-electron chi connectivity index (χ3n) is 2.52. The summed E-state index contributed by atoms with van der Waals surface area (Å²) in [5.41, 5.74) is 6.81. The highest BCUT2D eigenvalue weighted by Gasteiger charge is 2.08. The van der Waals surface area contributed by atoms with Crippen molar-refractivity contribution in [2.75, 3.05) is 17.6 Å². The minimum absolute atomic E-state index is 0.534. The molecule has 0 atom stereocenters. The first-order chi connectivity index (χ1) is 8.81. The molecule has 2 aromatic heterocycles. The maximum absolute atomic E-state index is 5.84. The maximum atomic E-state index is 5.84. The molecule has 0 spiro atoms. The molecule has 0 bridgehead atoms. The number of anilines is 2. The van der Waals surface area contributed by atoms with E-state index >= 15 is 0 Å². The molecule has 7 heteroatoms. The van der Waals surface area contributed by atoms with Crippen LogP contribution in [0.15, 0.2) is 17.2 Å². The highest BCUT2D eigenvalue weighted by Crippen LogP contribution is 2.18. The first kappa shape index (κ1) is 12.3. The summed E-state index contributed by atoms with van der Waals surface area (Å²) in [6.45, 7) is 2.75. The molecule has 96 valence electrons. The van der Waals surface area contributed by atoms with Gasteiger partial charge in [-0.15, -0.1) is 0 Å². The minimum Gasteiger partial charge on any atom is -0.383 e. The zero-order valence-corrected chi connectivity index (χ0v) is 10.3. The fourth-order valence-corrected chi connectivity index (χ4v) is 1.67. The number of nitrogens with two attached hydrogens (primary N) is 1. The van der Waals surface area contributed by atoms with E-state index in [4.69, 9.17) is 10.3 Å². The Labute approximate surface area is 105 Å². The monoisotopic (exact) mass is 248 g/mol. The lowest BCUT2D eigenvalue weighted by molar-refractivity contribution is 0.379. The van der Waals surface area contributed by atoms with Gasteiger partial charge in [-0.25, -0.2) is 9.97 Å². The molecule has 0 saturated carbocycles. The second-order valence-electron chi connectivity index (χ2n) is 3.85. The fraction of sp³-hybridized carbons (Fsp3) is 0.455. The predicted molar refractivity (Wildman–Crippen MR) is 66.9 cm³/mol. The summed E-state index contributed by atoms with van der Waals surface area (Å²) >= 11 is 0. The summed E-state index contributed by atoms with van der Waals surface area (Å²) in [5.74, 6) is 1.91. The Morgan fingerprint density at radius 3 is 2.83 bits per heavy atom. The second kappa shape index (κ2) is 5.95. The van der Waals surface area contributed by atoms with Crippen molar-refractivity contribution in [1.29, 1.82) is 0 Å². The van der Waals surface area contributed by atoms with Gasteiger partial charge in [0.15, 0.2) is 6.33 Å². The average Bonchev–Trinajstić information content (AvgIpc) is 2.86. The molecule has 0 fully saturated rings. The molecule has 0 aliphatic carbocycles. The molecule has 2 heterocycles. The summed E-state index contributed by atoms with van der Waals surface area (Å²) in [7, 11) is 0. The Balaban J connectivity index is 1.98. The van der Waals surface area contributed by atoms with Crippen molar-refractivity contribution in [1.82, 2.24) is 20.1 Å². The summed E-state index contributed by atoms with van der Waals surface area (Å²) in [6.07, 6.45) is 5.35. The highest BCUT2D eigenvalue weighted by molar-refractivity contribution is 5.54. The van der Waals surface area contributed by atoms with Gasteiger partial charge in [0.2, 0.25) is 5.89 Å². The molecule has 0 amide bonds. The Morgan fingerprint density at radius 1 is 1.22 bits per heavy atom. The van der Waals surface area contributed by atoms with Crippen LogP contribution in [-0.4, -0.2) is 26.7 Å².